The lowest BCUT2D eigenvalue weighted by Crippen LogP contribution is -2.40. The first-order valence-electron chi connectivity index (χ1n) is 8.64. The largest absolute Gasteiger partial charge is 0.363 e. The Morgan fingerprint density at radius 3 is 2.68 bits per heavy atom. The molecule has 0 bridgehead atoms. The summed E-state index contributed by atoms with van der Waals surface area (Å²) >= 11 is 6.01. The van der Waals surface area contributed by atoms with Crippen LogP contribution in [-0.2, 0) is 7.05 Å². The van der Waals surface area contributed by atoms with Crippen molar-refractivity contribution in [2.75, 3.05) is 25.5 Å². The molecule has 1 atom stereocenters. The van der Waals surface area contributed by atoms with Gasteiger partial charge >= 0.3 is 0 Å². The van der Waals surface area contributed by atoms with E-state index in [9.17, 15) is 0 Å². The molecule has 1 aliphatic rings. The quantitative estimate of drug-likeness (QED) is 0.776. The van der Waals surface area contributed by atoms with Crippen LogP contribution in [0, 0.1) is 0 Å². The Bertz CT molecular complexity index is 887. The van der Waals surface area contributed by atoms with Gasteiger partial charge in [-0.1, -0.05) is 23.7 Å². The van der Waals surface area contributed by atoms with Crippen LogP contribution in [0.4, 0.5) is 5.82 Å². The molecule has 6 heteroatoms. The zero-order valence-electron chi connectivity index (χ0n) is 14.5. The average molecular weight is 356 g/mol. The van der Waals surface area contributed by atoms with Gasteiger partial charge in [0, 0.05) is 41.8 Å². The summed E-state index contributed by atoms with van der Waals surface area (Å²) in [4.78, 5) is 2.36. The van der Waals surface area contributed by atoms with Crippen LogP contribution < -0.4 is 5.32 Å². The number of halogens is 1. The Morgan fingerprint density at radius 1 is 1.12 bits per heavy atom. The normalized spacial score (nSPS) is 18.6. The maximum atomic E-state index is 6.01. The molecule has 1 N–H and O–H groups in total. The highest BCUT2D eigenvalue weighted by Gasteiger charge is 2.20. The molecule has 0 unspecified atom stereocenters. The molecular formula is C19H22ClN5. The maximum Gasteiger partial charge on any atom is 0.173 e. The first-order valence-corrected chi connectivity index (χ1v) is 9.02. The van der Waals surface area contributed by atoms with Crippen LogP contribution in [0.2, 0.25) is 5.02 Å². The van der Waals surface area contributed by atoms with Crippen molar-refractivity contribution >= 4 is 28.3 Å². The summed E-state index contributed by atoms with van der Waals surface area (Å²) in [5.41, 5.74) is 3.00. The van der Waals surface area contributed by atoms with Crippen molar-refractivity contribution in [3.63, 3.8) is 0 Å². The highest BCUT2D eigenvalue weighted by molar-refractivity contribution is 6.30. The molecule has 0 saturated carbocycles. The van der Waals surface area contributed by atoms with Gasteiger partial charge in [0.1, 0.15) is 5.69 Å². The number of aryl methyl sites for hydroxylation is 1. The number of likely N-dealkylation sites (tertiary alicyclic amines) is 1. The predicted molar refractivity (Wildman–Crippen MR) is 103 cm³/mol. The minimum absolute atomic E-state index is 0.410. The van der Waals surface area contributed by atoms with E-state index in [-0.39, 0.29) is 0 Å². The average Bonchev–Trinajstić information content (AvgIpc) is 2.99. The second-order valence-corrected chi connectivity index (χ2v) is 7.28. The van der Waals surface area contributed by atoms with E-state index < -0.39 is 0 Å². The van der Waals surface area contributed by atoms with Gasteiger partial charge in [0.2, 0.25) is 0 Å². The highest BCUT2D eigenvalue weighted by atomic mass is 35.5. The number of hydrogen-bond donors (Lipinski definition) is 1. The molecule has 25 heavy (non-hydrogen) atoms. The van der Waals surface area contributed by atoms with Gasteiger partial charge in [-0.2, -0.15) is 0 Å². The number of nitrogens with zero attached hydrogens (tertiary/aromatic N) is 4. The fraction of sp³-hybridized carbons (Fsp3) is 0.368. The van der Waals surface area contributed by atoms with E-state index in [2.05, 4.69) is 44.3 Å². The molecule has 3 heterocycles. The van der Waals surface area contributed by atoms with E-state index >= 15 is 0 Å². The molecule has 1 aliphatic heterocycles. The number of hydrogen-bond acceptors (Lipinski definition) is 4. The molecular weight excluding hydrogens is 334 g/mol. The van der Waals surface area contributed by atoms with Crippen LogP contribution in [0.25, 0.3) is 22.2 Å². The molecule has 4 rings (SSSR count). The number of likely N-dealkylation sites (N-methyl/N-ethyl adjacent to an activating group) is 1. The Kier molecular flexibility index (Phi) is 4.36. The van der Waals surface area contributed by atoms with Crippen LogP contribution in [0.1, 0.15) is 12.8 Å². The zero-order valence-corrected chi connectivity index (χ0v) is 15.3. The number of aromatic nitrogens is 3. The first kappa shape index (κ1) is 16.4. The number of piperidine rings is 1. The Hall–Kier alpha value is -2.11. The molecule has 2 aromatic heterocycles. The predicted octanol–water partition coefficient (Wildman–Crippen LogP) is 3.79. The molecule has 0 radical (unpaired) electrons. The summed E-state index contributed by atoms with van der Waals surface area (Å²) in [7, 11) is 4.22. The fourth-order valence-electron chi connectivity index (χ4n) is 3.61. The smallest absolute Gasteiger partial charge is 0.173 e. The van der Waals surface area contributed by atoms with Crippen molar-refractivity contribution in [3.05, 3.63) is 41.6 Å². The molecule has 130 valence electrons. The summed E-state index contributed by atoms with van der Waals surface area (Å²) < 4.78 is 2.11. The summed E-state index contributed by atoms with van der Waals surface area (Å²) in [6, 6.07) is 10.3. The lowest BCUT2D eigenvalue weighted by molar-refractivity contribution is 0.261. The van der Waals surface area contributed by atoms with Crippen molar-refractivity contribution in [2.24, 2.45) is 7.05 Å². The van der Waals surface area contributed by atoms with E-state index in [1.807, 2.05) is 31.3 Å². The molecule has 0 amide bonds. The lowest BCUT2D eigenvalue weighted by Gasteiger charge is -2.30. The number of rotatable bonds is 3. The molecule has 0 spiro atoms. The topological polar surface area (TPSA) is 46.0 Å². The molecule has 3 aromatic rings. The van der Waals surface area contributed by atoms with Crippen LogP contribution in [0.3, 0.4) is 0 Å². The molecule has 0 aliphatic carbocycles. The van der Waals surface area contributed by atoms with Gasteiger partial charge in [-0.05, 0) is 44.6 Å². The first-order chi connectivity index (χ1) is 12.1. The van der Waals surface area contributed by atoms with Gasteiger partial charge in [0.25, 0.3) is 0 Å². The summed E-state index contributed by atoms with van der Waals surface area (Å²) in [6.07, 6.45) is 4.43. The van der Waals surface area contributed by atoms with Crippen molar-refractivity contribution in [3.8, 4) is 11.3 Å². The van der Waals surface area contributed by atoms with Crippen LogP contribution >= 0.6 is 11.6 Å². The maximum absolute atomic E-state index is 6.01. The Balaban J connectivity index is 1.73. The number of benzene rings is 1. The third-order valence-electron chi connectivity index (χ3n) is 4.89. The monoisotopic (exact) mass is 355 g/mol. The van der Waals surface area contributed by atoms with Crippen molar-refractivity contribution in [1.29, 1.82) is 0 Å². The van der Waals surface area contributed by atoms with E-state index in [1.165, 1.54) is 13.0 Å². The molecule has 1 saturated heterocycles. The van der Waals surface area contributed by atoms with Crippen molar-refractivity contribution < 1.29 is 0 Å². The van der Waals surface area contributed by atoms with Gasteiger partial charge in [-0.15, -0.1) is 10.2 Å². The molecule has 5 nitrogen and oxygen atoms in total. The third kappa shape index (κ3) is 3.22. The Labute approximate surface area is 152 Å². The van der Waals surface area contributed by atoms with Crippen LogP contribution in [-0.4, -0.2) is 45.8 Å². The van der Waals surface area contributed by atoms with Gasteiger partial charge in [0.05, 0.1) is 5.52 Å². The molecule has 1 fully saturated rings. The van der Waals surface area contributed by atoms with E-state index in [0.29, 0.717) is 6.04 Å². The van der Waals surface area contributed by atoms with Gasteiger partial charge < -0.3 is 14.8 Å². The van der Waals surface area contributed by atoms with Crippen molar-refractivity contribution in [1.82, 2.24) is 19.7 Å². The number of fused-ring (bicyclic) bond motifs is 1. The minimum atomic E-state index is 0.410. The minimum Gasteiger partial charge on any atom is -0.363 e. The highest BCUT2D eigenvalue weighted by Crippen LogP contribution is 2.31. The van der Waals surface area contributed by atoms with Gasteiger partial charge in [-0.3, -0.25) is 0 Å². The third-order valence-corrected chi connectivity index (χ3v) is 5.14. The van der Waals surface area contributed by atoms with E-state index in [1.54, 1.807) is 0 Å². The SMILES string of the molecule is CN1CCC[C@@H](Nc2nnc(-c3ccc(Cl)cc3)c3ccn(C)c23)C1. The van der Waals surface area contributed by atoms with Crippen LogP contribution in [0.15, 0.2) is 36.5 Å². The molecule has 1 aromatic carbocycles. The zero-order chi connectivity index (χ0) is 17.4. The number of nitrogens with one attached hydrogen (secondary N) is 1. The number of anilines is 1. The second-order valence-electron chi connectivity index (χ2n) is 6.84. The Morgan fingerprint density at radius 2 is 1.92 bits per heavy atom. The van der Waals surface area contributed by atoms with Gasteiger partial charge in [0.15, 0.2) is 5.82 Å². The van der Waals surface area contributed by atoms with E-state index in [0.717, 1.165) is 46.0 Å². The van der Waals surface area contributed by atoms with Gasteiger partial charge in [-0.25, -0.2) is 0 Å². The summed E-state index contributed by atoms with van der Waals surface area (Å²) in [5.74, 6) is 0.862. The summed E-state index contributed by atoms with van der Waals surface area (Å²) in [5, 5.41) is 14.5. The summed E-state index contributed by atoms with van der Waals surface area (Å²) in [6.45, 7) is 2.20. The second kappa shape index (κ2) is 6.65. The van der Waals surface area contributed by atoms with E-state index in [4.69, 9.17) is 11.6 Å². The van der Waals surface area contributed by atoms with Crippen molar-refractivity contribution in [2.45, 2.75) is 18.9 Å². The fourth-order valence-corrected chi connectivity index (χ4v) is 3.74. The standard InChI is InChI=1S/C19H22ClN5/c1-24-10-3-4-15(12-24)21-19-18-16(9-11-25(18)2)17(22-23-19)13-5-7-14(20)8-6-13/h5-9,11,15H,3-4,10,12H2,1-2H3,(H,21,23)/t15-/m1/s1. The lowest BCUT2D eigenvalue weighted by atomic mass is 10.1. The van der Waals surface area contributed by atoms with Crippen LogP contribution in [0.5, 0.6) is 0 Å².